The third-order valence-electron chi connectivity index (χ3n) is 5.56. The molecule has 1 atom stereocenters. The van der Waals surface area contributed by atoms with Gasteiger partial charge in [0, 0.05) is 30.0 Å². The van der Waals surface area contributed by atoms with Crippen LogP contribution in [0.25, 0.3) is 0 Å². The molecule has 0 bridgehead atoms. The van der Waals surface area contributed by atoms with Crippen molar-refractivity contribution in [3.05, 3.63) is 64.8 Å². The van der Waals surface area contributed by atoms with E-state index in [0.29, 0.717) is 16.4 Å². The molecule has 7 nitrogen and oxygen atoms in total. The van der Waals surface area contributed by atoms with Crippen LogP contribution in [-0.4, -0.2) is 35.8 Å². The first-order chi connectivity index (χ1) is 15.3. The lowest BCUT2D eigenvalue weighted by atomic mass is 10.1. The number of primary amides is 1. The van der Waals surface area contributed by atoms with Crippen LogP contribution in [0, 0.1) is 5.82 Å². The first-order valence-corrected chi connectivity index (χ1v) is 11.2. The summed E-state index contributed by atoms with van der Waals surface area (Å²) < 4.78 is 13.4. The fourth-order valence-corrected chi connectivity index (χ4v) is 4.79. The summed E-state index contributed by atoms with van der Waals surface area (Å²) in [5.74, 6) is -1.17. The lowest BCUT2D eigenvalue weighted by Gasteiger charge is -2.26. The van der Waals surface area contributed by atoms with Gasteiger partial charge < -0.3 is 21.3 Å². The number of nitrogen functional groups attached to an aromatic ring is 1. The van der Waals surface area contributed by atoms with Crippen LogP contribution >= 0.6 is 11.3 Å². The summed E-state index contributed by atoms with van der Waals surface area (Å²) >= 11 is 1.07. The molecule has 4 N–H and O–H groups in total. The standard InChI is InChI=1S/C23H24FN5O2S/c1-14(22(26)31)29(18-10-6-16(24)7-11-18)23-27-21(25)20(32-23)19(30)15-4-8-17(9-5-15)28-12-2-3-13-28/h4-11,14H,2-3,12-13,25H2,1H3,(H2,26,31). The number of thiazole rings is 1. The summed E-state index contributed by atoms with van der Waals surface area (Å²) in [5, 5.41) is 0.331. The number of halogens is 1. The number of carbonyl (C=O) groups excluding carboxylic acids is 2. The molecule has 166 valence electrons. The van der Waals surface area contributed by atoms with Crippen LogP contribution in [-0.2, 0) is 4.79 Å². The average molecular weight is 454 g/mol. The molecule has 0 spiro atoms. The van der Waals surface area contributed by atoms with Crippen LogP contribution in [0.4, 0.5) is 26.7 Å². The number of ketones is 1. The van der Waals surface area contributed by atoms with Gasteiger partial charge in [0.1, 0.15) is 22.6 Å². The second kappa shape index (κ2) is 8.96. The number of benzene rings is 2. The van der Waals surface area contributed by atoms with Crippen LogP contribution in [0.3, 0.4) is 0 Å². The smallest absolute Gasteiger partial charge is 0.240 e. The molecule has 0 saturated carbocycles. The van der Waals surface area contributed by atoms with Crippen molar-refractivity contribution in [3.8, 4) is 0 Å². The molecule has 2 aromatic carbocycles. The maximum absolute atomic E-state index is 13.4. The Kier molecular flexibility index (Phi) is 6.09. The minimum atomic E-state index is -0.784. The molecule has 4 rings (SSSR count). The highest BCUT2D eigenvalue weighted by Crippen LogP contribution is 2.36. The zero-order valence-corrected chi connectivity index (χ0v) is 18.4. The predicted molar refractivity (Wildman–Crippen MR) is 125 cm³/mol. The van der Waals surface area contributed by atoms with Gasteiger partial charge >= 0.3 is 0 Å². The lowest BCUT2D eigenvalue weighted by Crippen LogP contribution is -2.39. The number of nitrogens with two attached hydrogens (primary N) is 2. The number of anilines is 4. The summed E-state index contributed by atoms with van der Waals surface area (Å²) in [5.41, 5.74) is 13.7. The monoisotopic (exact) mass is 453 g/mol. The van der Waals surface area contributed by atoms with Gasteiger partial charge in [-0.25, -0.2) is 9.37 Å². The third kappa shape index (κ3) is 4.29. The number of hydrogen-bond donors (Lipinski definition) is 2. The van der Waals surface area contributed by atoms with Gasteiger partial charge in [0.2, 0.25) is 11.7 Å². The SMILES string of the molecule is CC(C(N)=O)N(c1ccc(F)cc1)c1nc(N)c(C(=O)c2ccc(N3CCCC3)cc2)s1. The Labute approximate surface area is 189 Å². The van der Waals surface area contributed by atoms with Crippen molar-refractivity contribution in [2.24, 2.45) is 5.73 Å². The van der Waals surface area contributed by atoms with E-state index in [4.69, 9.17) is 11.5 Å². The molecule has 2 heterocycles. The molecule has 0 aliphatic carbocycles. The number of hydrogen-bond acceptors (Lipinski definition) is 7. The van der Waals surface area contributed by atoms with E-state index >= 15 is 0 Å². The topological polar surface area (TPSA) is 106 Å². The van der Waals surface area contributed by atoms with E-state index in [1.807, 2.05) is 12.1 Å². The highest BCUT2D eigenvalue weighted by atomic mass is 32.1. The van der Waals surface area contributed by atoms with Crippen molar-refractivity contribution < 1.29 is 14.0 Å². The number of aromatic nitrogens is 1. The lowest BCUT2D eigenvalue weighted by molar-refractivity contribution is -0.118. The normalized spacial score (nSPS) is 14.4. The van der Waals surface area contributed by atoms with Gasteiger partial charge in [-0.05, 0) is 68.3 Å². The van der Waals surface area contributed by atoms with Crippen molar-refractivity contribution >= 4 is 45.4 Å². The maximum Gasteiger partial charge on any atom is 0.240 e. The number of rotatable bonds is 7. The van der Waals surface area contributed by atoms with Crippen molar-refractivity contribution in [1.82, 2.24) is 4.98 Å². The zero-order valence-electron chi connectivity index (χ0n) is 17.6. The highest BCUT2D eigenvalue weighted by Gasteiger charge is 2.27. The van der Waals surface area contributed by atoms with Crippen molar-refractivity contribution in [3.63, 3.8) is 0 Å². The van der Waals surface area contributed by atoms with Gasteiger partial charge in [-0.3, -0.25) is 9.59 Å². The molecular weight excluding hydrogens is 429 g/mol. The molecule has 0 radical (unpaired) electrons. The van der Waals surface area contributed by atoms with E-state index in [9.17, 15) is 14.0 Å². The second-order valence-corrected chi connectivity index (χ2v) is 8.68. The number of amides is 1. The van der Waals surface area contributed by atoms with Crippen LogP contribution in [0.1, 0.15) is 35.0 Å². The Morgan fingerprint density at radius 1 is 1.09 bits per heavy atom. The molecule has 9 heteroatoms. The summed E-state index contributed by atoms with van der Waals surface area (Å²) in [6, 6.07) is 12.3. The van der Waals surface area contributed by atoms with E-state index in [0.717, 1.165) is 30.1 Å². The summed E-state index contributed by atoms with van der Waals surface area (Å²) in [6.45, 7) is 3.66. The summed E-state index contributed by atoms with van der Waals surface area (Å²) in [4.78, 5) is 33.5. The maximum atomic E-state index is 13.4. The average Bonchev–Trinajstić information content (AvgIpc) is 3.45. The van der Waals surface area contributed by atoms with Crippen molar-refractivity contribution in [2.45, 2.75) is 25.8 Å². The van der Waals surface area contributed by atoms with E-state index < -0.39 is 17.8 Å². The molecule has 1 aliphatic rings. The van der Waals surface area contributed by atoms with Gasteiger partial charge in [-0.2, -0.15) is 0 Å². The van der Waals surface area contributed by atoms with E-state index in [-0.39, 0.29) is 16.5 Å². The van der Waals surface area contributed by atoms with Crippen molar-refractivity contribution in [1.29, 1.82) is 0 Å². The van der Waals surface area contributed by atoms with Crippen LogP contribution < -0.4 is 21.3 Å². The Hall–Kier alpha value is -3.46. The first kappa shape index (κ1) is 21.8. The predicted octanol–water partition coefficient (Wildman–Crippen LogP) is 3.71. The largest absolute Gasteiger partial charge is 0.382 e. The minimum absolute atomic E-state index is 0.0717. The quantitative estimate of drug-likeness (QED) is 0.529. The second-order valence-electron chi connectivity index (χ2n) is 7.71. The molecule has 32 heavy (non-hydrogen) atoms. The molecule has 1 fully saturated rings. The zero-order chi connectivity index (χ0) is 22.8. The fourth-order valence-electron chi connectivity index (χ4n) is 3.74. The summed E-state index contributed by atoms with van der Waals surface area (Å²) in [7, 11) is 0. The van der Waals surface area contributed by atoms with Gasteiger partial charge in [0.25, 0.3) is 0 Å². The fraction of sp³-hybridized carbons (Fsp3) is 0.261. The Morgan fingerprint density at radius 2 is 1.72 bits per heavy atom. The van der Waals surface area contributed by atoms with Crippen LogP contribution in [0.5, 0.6) is 0 Å². The molecule has 1 aromatic heterocycles. The Bertz CT molecular complexity index is 1120. The van der Waals surface area contributed by atoms with Gasteiger partial charge in [-0.1, -0.05) is 11.3 Å². The molecule has 1 aliphatic heterocycles. The van der Waals surface area contributed by atoms with Gasteiger partial charge in [-0.15, -0.1) is 0 Å². The molecule has 1 amide bonds. The minimum Gasteiger partial charge on any atom is -0.382 e. The highest BCUT2D eigenvalue weighted by molar-refractivity contribution is 7.18. The third-order valence-corrected chi connectivity index (χ3v) is 6.63. The molecule has 3 aromatic rings. The van der Waals surface area contributed by atoms with Crippen molar-refractivity contribution in [2.75, 3.05) is 28.6 Å². The van der Waals surface area contributed by atoms with Crippen LogP contribution in [0.2, 0.25) is 0 Å². The van der Waals surface area contributed by atoms with Gasteiger partial charge in [0.15, 0.2) is 5.13 Å². The molecule has 1 saturated heterocycles. The molecule has 1 unspecified atom stereocenters. The van der Waals surface area contributed by atoms with E-state index in [1.54, 1.807) is 24.0 Å². The van der Waals surface area contributed by atoms with Crippen LogP contribution in [0.15, 0.2) is 48.5 Å². The van der Waals surface area contributed by atoms with E-state index in [1.165, 1.54) is 37.1 Å². The Morgan fingerprint density at radius 3 is 2.31 bits per heavy atom. The summed E-state index contributed by atoms with van der Waals surface area (Å²) in [6.07, 6.45) is 2.35. The van der Waals surface area contributed by atoms with E-state index in [2.05, 4.69) is 9.88 Å². The van der Waals surface area contributed by atoms with Gasteiger partial charge in [0.05, 0.1) is 0 Å². The molecular formula is C23H24FN5O2S. The Balaban J connectivity index is 1.64. The number of carbonyl (C=O) groups is 2. The number of nitrogens with zero attached hydrogens (tertiary/aromatic N) is 3. The first-order valence-electron chi connectivity index (χ1n) is 10.4.